The number of carbonyl (C=O) groups is 1. The standard InChI is InChI=1S/C26H39IO2/c1-23(2,29)20-8-17-6-18-12-24(11-17,13-19(18)9-20)25-10-16-4-3-5-26(15-25,22(27)28)21(7-16)14-25/h16-21,29H,3-15H2,1-2H3. The topological polar surface area (TPSA) is 37.3 Å². The number of hydrogen-bond donors (Lipinski definition) is 1. The van der Waals surface area contributed by atoms with Crippen molar-refractivity contribution in [3.8, 4) is 0 Å². The molecule has 0 aromatic heterocycles. The molecule has 6 aliphatic rings. The van der Waals surface area contributed by atoms with Gasteiger partial charge in [0.1, 0.15) is 0 Å². The highest BCUT2D eigenvalue weighted by molar-refractivity contribution is 14.1. The van der Waals surface area contributed by atoms with Crippen molar-refractivity contribution in [2.75, 3.05) is 0 Å². The van der Waals surface area contributed by atoms with Crippen LogP contribution in [0.3, 0.4) is 0 Å². The van der Waals surface area contributed by atoms with Gasteiger partial charge in [-0.3, -0.25) is 4.79 Å². The Hall–Kier alpha value is 0.360. The molecule has 0 aromatic carbocycles. The lowest BCUT2D eigenvalue weighted by Gasteiger charge is -2.55. The molecular formula is C26H39IO2. The Bertz CT molecular complexity index is 723. The molecule has 9 atom stereocenters. The molecule has 6 saturated carbocycles. The summed E-state index contributed by atoms with van der Waals surface area (Å²) in [6, 6.07) is 0. The van der Waals surface area contributed by atoms with Crippen LogP contribution in [0.4, 0.5) is 0 Å². The minimum atomic E-state index is -0.522. The predicted octanol–water partition coefficient (Wildman–Crippen LogP) is 6.53. The lowest BCUT2D eigenvalue weighted by Crippen LogP contribution is -2.46. The van der Waals surface area contributed by atoms with Crippen LogP contribution < -0.4 is 0 Å². The fourth-order valence-electron chi connectivity index (χ4n) is 10.6. The second kappa shape index (κ2) is 6.23. The smallest absolute Gasteiger partial charge is 0.198 e. The molecule has 6 aliphatic carbocycles. The normalized spacial score (nSPS) is 55.7. The number of rotatable bonds is 3. The molecular weight excluding hydrogens is 471 g/mol. The van der Waals surface area contributed by atoms with E-state index in [1.54, 1.807) is 0 Å². The maximum atomic E-state index is 13.1. The molecule has 6 rings (SSSR count). The molecule has 2 nitrogen and oxygen atoms in total. The Labute approximate surface area is 190 Å². The van der Waals surface area contributed by atoms with Gasteiger partial charge in [-0.15, -0.1) is 0 Å². The Kier molecular flexibility index (Phi) is 4.30. The molecule has 0 amide bonds. The van der Waals surface area contributed by atoms with Gasteiger partial charge in [0, 0.05) is 28.0 Å². The van der Waals surface area contributed by atoms with Crippen LogP contribution in [0.25, 0.3) is 0 Å². The van der Waals surface area contributed by atoms with Crippen LogP contribution in [0.5, 0.6) is 0 Å². The number of aliphatic hydroxyl groups is 1. The van der Waals surface area contributed by atoms with Gasteiger partial charge in [-0.05, 0) is 131 Å². The summed E-state index contributed by atoms with van der Waals surface area (Å²) >= 11 is 2.19. The highest BCUT2D eigenvalue weighted by Gasteiger charge is 2.70. The summed E-state index contributed by atoms with van der Waals surface area (Å²) in [6.45, 7) is 4.11. The van der Waals surface area contributed by atoms with Gasteiger partial charge in [-0.2, -0.15) is 0 Å². The summed E-state index contributed by atoms with van der Waals surface area (Å²) in [5.74, 6) is 4.63. The van der Waals surface area contributed by atoms with Crippen molar-refractivity contribution in [3.63, 3.8) is 0 Å². The van der Waals surface area contributed by atoms with Gasteiger partial charge in [0.2, 0.25) is 0 Å². The van der Waals surface area contributed by atoms with E-state index in [2.05, 4.69) is 36.4 Å². The minimum absolute atomic E-state index is 0.0286. The molecule has 0 aliphatic heterocycles. The zero-order valence-electron chi connectivity index (χ0n) is 18.4. The number of carbonyl (C=O) groups excluding carboxylic acids is 1. The monoisotopic (exact) mass is 510 g/mol. The first-order chi connectivity index (χ1) is 13.6. The van der Waals surface area contributed by atoms with E-state index >= 15 is 0 Å². The van der Waals surface area contributed by atoms with Gasteiger partial charge in [0.05, 0.1) is 5.60 Å². The molecule has 0 radical (unpaired) electrons. The lowest BCUT2D eigenvalue weighted by atomic mass is 9.50. The first-order valence-electron chi connectivity index (χ1n) is 12.6. The highest BCUT2D eigenvalue weighted by Crippen LogP contribution is 2.78. The first-order valence-corrected chi connectivity index (χ1v) is 13.7. The zero-order valence-corrected chi connectivity index (χ0v) is 20.5. The van der Waals surface area contributed by atoms with E-state index in [9.17, 15) is 9.90 Å². The van der Waals surface area contributed by atoms with Gasteiger partial charge < -0.3 is 5.11 Å². The Morgan fingerprint density at radius 2 is 1.66 bits per heavy atom. The minimum Gasteiger partial charge on any atom is -0.390 e. The van der Waals surface area contributed by atoms with Crippen LogP contribution in [0, 0.1) is 51.8 Å². The molecule has 162 valence electrons. The predicted molar refractivity (Wildman–Crippen MR) is 124 cm³/mol. The second-order valence-corrected chi connectivity index (χ2v) is 14.3. The van der Waals surface area contributed by atoms with E-state index in [0.717, 1.165) is 23.7 Å². The van der Waals surface area contributed by atoms with E-state index in [4.69, 9.17) is 0 Å². The Morgan fingerprint density at radius 1 is 0.931 bits per heavy atom. The molecule has 6 bridgehead atoms. The maximum absolute atomic E-state index is 13.1. The third-order valence-corrected chi connectivity index (χ3v) is 12.7. The first kappa shape index (κ1) is 20.0. The lowest BCUT2D eigenvalue weighted by molar-refractivity contribution is -0.121. The van der Waals surface area contributed by atoms with Crippen molar-refractivity contribution in [2.45, 2.75) is 103 Å². The quantitative estimate of drug-likeness (QED) is 0.346. The van der Waals surface area contributed by atoms with Crippen molar-refractivity contribution in [2.24, 2.45) is 51.8 Å². The van der Waals surface area contributed by atoms with Crippen molar-refractivity contribution in [1.29, 1.82) is 0 Å². The summed E-state index contributed by atoms with van der Waals surface area (Å²) in [7, 11) is 0. The average molecular weight is 511 g/mol. The van der Waals surface area contributed by atoms with Crippen molar-refractivity contribution in [3.05, 3.63) is 0 Å². The largest absolute Gasteiger partial charge is 0.390 e. The van der Waals surface area contributed by atoms with Gasteiger partial charge in [-0.1, -0.05) is 12.8 Å². The fourth-order valence-corrected chi connectivity index (χ4v) is 11.5. The summed E-state index contributed by atoms with van der Waals surface area (Å²) in [4.78, 5) is 13.1. The molecule has 0 aromatic rings. The third-order valence-electron chi connectivity index (χ3n) is 11.6. The van der Waals surface area contributed by atoms with Gasteiger partial charge >= 0.3 is 0 Å². The number of hydrogen-bond acceptors (Lipinski definition) is 2. The molecule has 0 heterocycles. The summed E-state index contributed by atoms with van der Waals surface area (Å²) in [5, 5.41) is 10.8. The Balaban J connectivity index is 1.38. The molecule has 1 N–H and O–H groups in total. The number of fused-ring (bicyclic) bond motifs is 5. The molecule has 6 fully saturated rings. The van der Waals surface area contributed by atoms with Crippen LogP contribution >= 0.6 is 22.6 Å². The molecule has 0 spiro atoms. The van der Waals surface area contributed by atoms with Crippen molar-refractivity contribution < 1.29 is 9.90 Å². The fraction of sp³-hybridized carbons (Fsp3) is 0.962. The molecule has 29 heavy (non-hydrogen) atoms. The summed E-state index contributed by atoms with van der Waals surface area (Å²) < 4.78 is 0.508. The number of halogens is 1. The van der Waals surface area contributed by atoms with Gasteiger partial charge in [0.15, 0.2) is 3.79 Å². The molecule has 3 heteroatoms. The van der Waals surface area contributed by atoms with Crippen LogP contribution in [0.1, 0.15) is 97.3 Å². The van der Waals surface area contributed by atoms with Gasteiger partial charge in [0.25, 0.3) is 0 Å². The van der Waals surface area contributed by atoms with E-state index in [1.807, 2.05) is 0 Å². The maximum Gasteiger partial charge on any atom is 0.198 e. The average Bonchev–Trinajstić information content (AvgIpc) is 2.90. The summed E-state index contributed by atoms with van der Waals surface area (Å²) in [5.41, 5.74) is 0.500. The molecule has 0 saturated heterocycles. The SMILES string of the molecule is CC(C)(O)C1CC2CC3CC(C45CC6CCCC(C(=O)I)(C4)C(C6)C5)(C2)CC3C1. The van der Waals surface area contributed by atoms with Crippen molar-refractivity contribution in [1.82, 2.24) is 0 Å². The van der Waals surface area contributed by atoms with Crippen LogP contribution in [0.15, 0.2) is 0 Å². The van der Waals surface area contributed by atoms with Crippen LogP contribution in [-0.4, -0.2) is 14.5 Å². The van der Waals surface area contributed by atoms with Gasteiger partial charge in [-0.25, -0.2) is 0 Å². The summed E-state index contributed by atoms with van der Waals surface area (Å²) in [6.07, 6.45) is 17.5. The molecule has 9 unspecified atom stereocenters. The van der Waals surface area contributed by atoms with Crippen LogP contribution in [-0.2, 0) is 4.79 Å². The second-order valence-electron chi connectivity index (χ2n) is 13.3. The van der Waals surface area contributed by atoms with Crippen molar-refractivity contribution >= 4 is 26.4 Å². The van der Waals surface area contributed by atoms with E-state index < -0.39 is 5.60 Å². The third kappa shape index (κ3) is 2.70. The van der Waals surface area contributed by atoms with Crippen LogP contribution in [0.2, 0.25) is 0 Å². The Morgan fingerprint density at radius 3 is 2.38 bits per heavy atom. The van der Waals surface area contributed by atoms with E-state index in [1.165, 1.54) is 83.5 Å². The van der Waals surface area contributed by atoms with E-state index in [0.29, 0.717) is 26.5 Å². The highest BCUT2D eigenvalue weighted by atomic mass is 127. The zero-order chi connectivity index (χ0) is 20.2. The van der Waals surface area contributed by atoms with E-state index in [-0.39, 0.29) is 5.41 Å².